The van der Waals surface area contributed by atoms with Crippen LogP contribution < -0.4 is 0 Å². The van der Waals surface area contributed by atoms with Gasteiger partial charge in [0.25, 0.3) is 0 Å². The molecule has 0 radical (unpaired) electrons. The van der Waals surface area contributed by atoms with Gasteiger partial charge in [-0.15, -0.1) is 0 Å². The maximum absolute atomic E-state index is 6.58. The van der Waals surface area contributed by atoms with Crippen molar-refractivity contribution < 1.29 is 4.42 Å². The molecule has 0 aliphatic heterocycles. The van der Waals surface area contributed by atoms with E-state index in [0.29, 0.717) is 17.5 Å². The first kappa shape index (κ1) is 28.2. The van der Waals surface area contributed by atoms with Crippen LogP contribution in [0.15, 0.2) is 174 Å². The molecule has 0 bridgehead atoms. The van der Waals surface area contributed by atoms with Crippen LogP contribution >= 0.6 is 0 Å². The number of rotatable bonds is 5. The molecule has 5 heteroatoms. The molecule has 50 heavy (non-hydrogen) atoms. The van der Waals surface area contributed by atoms with Crippen LogP contribution in [-0.4, -0.2) is 19.5 Å². The Kier molecular flexibility index (Phi) is 6.42. The van der Waals surface area contributed by atoms with Crippen molar-refractivity contribution in [2.45, 2.75) is 0 Å². The van der Waals surface area contributed by atoms with Gasteiger partial charge >= 0.3 is 0 Å². The zero-order chi connectivity index (χ0) is 33.0. The minimum absolute atomic E-state index is 0.613. The first-order valence-corrected chi connectivity index (χ1v) is 16.7. The van der Waals surface area contributed by atoms with Gasteiger partial charge in [-0.2, -0.15) is 0 Å². The largest absolute Gasteiger partial charge is 0.456 e. The Bertz CT molecular complexity index is 2800. The molecule has 0 fully saturated rings. The highest BCUT2D eigenvalue weighted by molar-refractivity contribution is 6.19. The quantitative estimate of drug-likeness (QED) is 0.188. The van der Waals surface area contributed by atoms with Gasteiger partial charge in [-0.05, 0) is 41.5 Å². The highest BCUT2D eigenvalue weighted by Crippen LogP contribution is 2.43. The van der Waals surface area contributed by atoms with Crippen LogP contribution in [0.4, 0.5) is 0 Å². The zero-order valence-corrected chi connectivity index (χ0v) is 26.9. The fraction of sp³-hybridized carbons (Fsp3) is 0. The molecule has 0 saturated heterocycles. The second-order valence-electron chi connectivity index (χ2n) is 12.4. The van der Waals surface area contributed by atoms with Crippen molar-refractivity contribution in [3.63, 3.8) is 0 Å². The van der Waals surface area contributed by atoms with E-state index >= 15 is 0 Å². The van der Waals surface area contributed by atoms with E-state index in [0.717, 1.165) is 77.2 Å². The minimum Gasteiger partial charge on any atom is -0.456 e. The summed E-state index contributed by atoms with van der Waals surface area (Å²) < 4.78 is 8.94. The Labute approximate surface area is 287 Å². The van der Waals surface area contributed by atoms with E-state index in [4.69, 9.17) is 19.4 Å². The van der Waals surface area contributed by atoms with Crippen LogP contribution in [0.5, 0.6) is 0 Å². The van der Waals surface area contributed by atoms with Gasteiger partial charge in [-0.1, -0.05) is 140 Å². The average molecular weight is 641 g/mol. The summed E-state index contributed by atoms with van der Waals surface area (Å²) in [6, 6.07) is 58.4. The first-order chi connectivity index (χ1) is 24.8. The summed E-state index contributed by atoms with van der Waals surface area (Å²) in [5.74, 6) is 1.87. The van der Waals surface area contributed by atoms with E-state index in [1.807, 2.05) is 60.7 Å². The predicted octanol–water partition coefficient (Wildman–Crippen LogP) is 11.5. The van der Waals surface area contributed by atoms with Crippen molar-refractivity contribution in [2.75, 3.05) is 0 Å². The summed E-state index contributed by atoms with van der Waals surface area (Å²) in [6.45, 7) is 0. The molecule has 0 aliphatic carbocycles. The normalized spacial score (nSPS) is 11.6. The van der Waals surface area contributed by atoms with Crippen molar-refractivity contribution >= 4 is 43.7 Å². The molecule has 7 aromatic carbocycles. The molecule has 5 nitrogen and oxygen atoms in total. The summed E-state index contributed by atoms with van der Waals surface area (Å²) in [7, 11) is 0. The number of furan rings is 1. The van der Waals surface area contributed by atoms with Gasteiger partial charge in [-0.3, -0.25) is 0 Å². The highest BCUT2D eigenvalue weighted by atomic mass is 16.3. The predicted molar refractivity (Wildman–Crippen MR) is 203 cm³/mol. The zero-order valence-electron chi connectivity index (χ0n) is 26.9. The lowest BCUT2D eigenvalue weighted by molar-refractivity contribution is 0.669. The van der Waals surface area contributed by atoms with Gasteiger partial charge in [0.15, 0.2) is 17.5 Å². The average Bonchev–Trinajstić information content (AvgIpc) is 3.75. The molecule has 10 aromatic rings. The Balaban J connectivity index is 1.32. The molecule has 0 spiro atoms. The molecule has 0 N–H and O–H groups in total. The topological polar surface area (TPSA) is 56.7 Å². The third-order valence-electron chi connectivity index (χ3n) is 9.46. The van der Waals surface area contributed by atoms with Crippen LogP contribution in [0.2, 0.25) is 0 Å². The van der Waals surface area contributed by atoms with Crippen LogP contribution in [0.25, 0.3) is 94.7 Å². The standard InChI is InChI=1S/C45H28N4O/c1-4-15-29(16-5-1)32-22-13-27-38-40(32)41-37(26-14-28-39(41)50-38)49-36-25-11-10-21-33(36)34-23-12-24-35(42(34)49)45-47-43(30-17-6-2-7-18-30)46-44(48-45)31-19-8-3-9-20-31/h1-28H. The summed E-state index contributed by atoms with van der Waals surface area (Å²) in [5, 5.41) is 4.42. The fourth-order valence-electron chi connectivity index (χ4n) is 7.27. The van der Waals surface area contributed by atoms with Crippen molar-refractivity contribution in [3.05, 3.63) is 170 Å². The second kappa shape index (κ2) is 11.4. The minimum atomic E-state index is 0.613. The number of hydrogen-bond donors (Lipinski definition) is 0. The summed E-state index contributed by atoms with van der Waals surface area (Å²) in [5.41, 5.74) is 9.90. The second-order valence-corrected chi connectivity index (χ2v) is 12.4. The molecule has 10 rings (SSSR count). The van der Waals surface area contributed by atoms with Crippen LogP contribution in [0, 0.1) is 0 Å². The molecule has 234 valence electrons. The van der Waals surface area contributed by atoms with Crippen molar-refractivity contribution in [1.29, 1.82) is 0 Å². The van der Waals surface area contributed by atoms with Crippen molar-refractivity contribution in [2.24, 2.45) is 0 Å². The van der Waals surface area contributed by atoms with Gasteiger partial charge in [0.1, 0.15) is 11.2 Å². The van der Waals surface area contributed by atoms with Crippen LogP contribution in [0.1, 0.15) is 0 Å². The number of aromatic nitrogens is 4. The molecule has 0 aliphatic rings. The lowest BCUT2D eigenvalue weighted by Gasteiger charge is -2.14. The lowest BCUT2D eigenvalue weighted by atomic mass is 9.98. The van der Waals surface area contributed by atoms with E-state index in [2.05, 4.69) is 114 Å². The molecule has 0 atom stereocenters. The highest BCUT2D eigenvalue weighted by Gasteiger charge is 2.23. The molecule has 0 amide bonds. The Hall–Kier alpha value is -6.85. The number of para-hydroxylation sites is 2. The number of benzene rings is 7. The number of nitrogens with zero attached hydrogens (tertiary/aromatic N) is 4. The van der Waals surface area contributed by atoms with Gasteiger partial charge < -0.3 is 8.98 Å². The van der Waals surface area contributed by atoms with Crippen molar-refractivity contribution in [1.82, 2.24) is 19.5 Å². The maximum atomic E-state index is 6.58. The smallest absolute Gasteiger partial charge is 0.166 e. The Morgan fingerprint density at radius 3 is 1.60 bits per heavy atom. The van der Waals surface area contributed by atoms with E-state index in [9.17, 15) is 0 Å². The molecule has 3 heterocycles. The SMILES string of the molecule is c1ccc(-c2nc(-c3ccccc3)nc(-c3cccc4c5ccccc5n(-c5cccc6oc7cccc(-c8ccccc8)c7c56)c34)n2)cc1. The molecule has 0 saturated carbocycles. The fourth-order valence-corrected chi connectivity index (χ4v) is 7.27. The molecule has 0 unspecified atom stereocenters. The van der Waals surface area contributed by atoms with Crippen LogP contribution in [-0.2, 0) is 0 Å². The van der Waals surface area contributed by atoms with Gasteiger partial charge in [0, 0.05) is 32.8 Å². The Morgan fingerprint density at radius 1 is 0.380 bits per heavy atom. The first-order valence-electron chi connectivity index (χ1n) is 16.7. The lowest BCUT2D eigenvalue weighted by Crippen LogP contribution is -2.02. The van der Waals surface area contributed by atoms with E-state index < -0.39 is 0 Å². The van der Waals surface area contributed by atoms with E-state index in [1.165, 1.54) is 0 Å². The molecular formula is C45H28N4O. The van der Waals surface area contributed by atoms with Crippen LogP contribution in [0.3, 0.4) is 0 Å². The van der Waals surface area contributed by atoms with E-state index in [1.54, 1.807) is 0 Å². The van der Waals surface area contributed by atoms with Crippen molar-refractivity contribution in [3.8, 4) is 51.0 Å². The number of fused-ring (bicyclic) bond motifs is 6. The Morgan fingerprint density at radius 2 is 0.900 bits per heavy atom. The summed E-state index contributed by atoms with van der Waals surface area (Å²) >= 11 is 0. The third kappa shape index (κ3) is 4.45. The van der Waals surface area contributed by atoms with Gasteiger partial charge in [-0.25, -0.2) is 15.0 Å². The monoisotopic (exact) mass is 640 g/mol. The molecular weight excluding hydrogens is 613 g/mol. The number of hydrogen-bond acceptors (Lipinski definition) is 4. The molecule has 3 aromatic heterocycles. The van der Waals surface area contributed by atoms with Gasteiger partial charge in [0.2, 0.25) is 0 Å². The summed E-state index contributed by atoms with van der Waals surface area (Å²) in [4.78, 5) is 15.3. The van der Waals surface area contributed by atoms with Gasteiger partial charge in [0.05, 0.1) is 22.1 Å². The third-order valence-corrected chi connectivity index (χ3v) is 9.46. The van der Waals surface area contributed by atoms with E-state index in [-0.39, 0.29) is 0 Å². The summed E-state index contributed by atoms with van der Waals surface area (Å²) in [6.07, 6.45) is 0. The maximum Gasteiger partial charge on any atom is 0.166 e.